The Labute approximate surface area is 147 Å². The fraction of sp³-hybridized carbons (Fsp3) is 0.818. The van der Waals surface area contributed by atoms with Crippen LogP contribution in [0.15, 0.2) is 0 Å². The summed E-state index contributed by atoms with van der Waals surface area (Å²) in [6.45, 7) is 0. The van der Waals surface area contributed by atoms with Gasteiger partial charge in [-0.15, -0.1) is 0 Å². The van der Waals surface area contributed by atoms with Gasteiger partial charge in [0.25, 0.3) is 0 Å². The molecule has 1 rings (SSSR count). The van der Waals surface area contributed by atoms with Crippen LogP contribution in [-0.4, -0.2) is 44.2 Å². The maximum atomic E-state index is 11.5. The summed E-state index contributed by atoms with van der Waals surface area (Å²) < 4.78 is 0. The van der Waals surface area contributed by atoms with Crippen molar-refractivity contribution in [3.05, 3.63) is 0 Å². The van der Waals surface area contributed by atoms with Crippen molar-refractivity contribution in [2.75, 3.05) is 21.1 Å². The number of nitrogens with zero attached hydrogens (tertiary/aromatic N) is 1. The van der Waals surface area contributed by atoms with Crippen molar-refractivity contribution in [1.29, 1.82) is 0 Å². The molecular formula is C11H20NO3Rb. The zero-order valence-corrected chi connectivity index (χ0v) is 15.6. The number of hydrogen-bond acceptors (Lipinski definition) is 4. The Bertz CT molecular complexity index is 209. The van der Waals surface area contributed by atoms with Gasteiger partial charge in [-0.2, -0.15) is 0 Å². The SMILES string of the molecule is CN(C)C.O=CC1CCCCC1([O-])C=O.[Rb+]. The molecule has 2 atom stereocenters. The van der Waals surface area contributed by atoms with Crippen LogP contribution in [0, 0.1) is 5.92 Å². The predicted octanol–water partition coefficient (Wildman–Crippen LogP) is -3.14. The smallest absolute Gasteiger partial charge is 0.844 e. The molecule has 0 saturated heterocycles. The van der Waals surface area contributed by atoms with Crippen molar-refractivity contribution >= 4 is 12.6 Å². The summed E-state index contributed by atoms with van der Waals surface area (Å²) in [4.78, 5) is 22.8. The van der Waals surface area contributed by atoms with Crippen LogP contribution in [0.3, 0.4) is 0 Å². The summed E-state index contributed by atoms with van der Waals surface area (Å²) in [6, 6.07) is 0. The van der Waals surface area contributed by atoms with Gasteiger partial charge in [0.1, 0.15) is 12.6 Å². The van der Waals surface area contributed by atoms with E-state index in [1.54, 1.807) is 0 Å². The molecular weight excluding hydrogens is 280 g/mol. The average Bonchev–Trinajstić information content (AvgIpc) is 2.18. The Morgan fingerprint density at radius 2 is 1.75 bits per heavy atom. The number of rotatable bonds is 2. The third-order valence-electron chi connectivity index (χ3n) is 2.32. The van der Waals surface area contributed by atoms with Crippen LogP contribution in [0.5, 0.6) is 0 Å². The summed E-state index contributed by atoms with van der Waals surface area (Å²) in [5.74, 6) is -0.589. The van der Waals surface area contributed by atoms with E-state index in [2.05, 4.69) is 0 Å². The van der Waals surface area contributed by atoms with Crippen LogP contribution in [0.1, 0.15) is 25.7 Å². The summed E-state index contributed by atoms with van der Waals surface area (Å²) in [7, 11) is 6.00. The Balaban J connectivity index is 0. The van der Waals surface area contributed by atoms with Crippen LogP contribution in [-0.2, 0) is 9.59 Å². The minimum Gasteiger partial charge on any atom is -0.844 e. The maximum absolute atomic E-state index is 11.5. The van der Waals surface area contributed by atoms with Crippen molar-refractivity contribution in [2.45, 2.75) is 31.3 Å². The van der Waals surface area contributed by atoms with Crippen molar-refractivity contribution in [3.63, 3.8) is 0 Å². The normalized spacial score (nSPS) is 28.4. The van der Waals surface area contributed by atoms with E-state index in [1.165, 1.54) is 0 Å². The van der Waals surface area contributed by atoms with Crippen molar-refractivity contribution < 1.29 is 72.9 Å². The second-order valence-corrected chi connectivity index (χ2v) is 4.40. The van der Waals surface area contributed by atoms with Gasteiger partial charge in [-0.1, -0.05) is 19.3 Å². The van der Waals surface area contributed by atoms with E-state index in [9.17, 15) is 14.7 Å². The van der Waals surface area contributed by atoms with E-state index in [0.29, 0.717) is 25.4 Å². The van der Waals surface area contributed by atoms with Gasteiger partial charge >= 0.3 is 58.2 Å². The van der Waals surface area contributed by atoms with Gasteiger partial charge in [-0.05, 0) is 33.2 Å². The molecule has 0 heterocycles. The van der Waals surface area contributed by atoms with Crippen LogP contribution >= 0.6 is 0 Å². The molecule has 1 aliphatic rings. The van der Waals surface area contributed by atoms with Crippen molar-refractivity contribution in [1.82, 2.24) is 4.90 Å². The van der Waals surface area contributed by atoms with Crippen LogP contribution in [0.25, 0.3) is 0 Å². The van der Waals surface area contributed by atoms with Gasteiger partial charge in [-0.3, -0.25) is 0 Å². The Morgan fingerprint density at radius 1 is 1.25 bits per heavy atom. The molecule has 0 aromatic carbocycles. The quantitative estimate of drug-likeness (QED) is 0.506. The molecule has 0 radical (unpaired) electrons. The topological polar surface area (TPSA) is 60.4 Å². The molecule has 2 unspecified atom stereocenters. The molecule has 0 aromatic heterocycles. The first-order valence-electron chi connectivity index (χ1n) is 5.19. The first-order chi connectivity index (χ1) is 6.96. The molecule has 0 aliphatic heterocycles. The van der Waals surface area contributed by atoms with E-state index in [4.69, 9.17) is 0 Å². The number of hydrogen-bond donors (Lipinski definition) is 0. The molecule has 88 valence electrons. The second-order valence-electron chi connectivity index (χ2n) is 4.40. The fourth-order valence-electron chi connectivity index (χ4n) is 1.52. The first kappa shape index (κ1) is 19.4. The second kappa shape index (κ2) is 10.0. The fourth-order valence-corrected chi connectivity index (χ4v) is 1.52. The van der Waals surface area contributed by atoms with Gasteiger partial charge in [0.2, 0.25) is 0 Å². The van der Waals surface area contributed by atoms with Crippen molar-refractivity contribution in [3.8, 4) is 0 Å². The van der Waals surface area contributed by atoms with Crippen LogP contribution < -0.4 is 63.3 Å². The monoisotopic (exact) mass is 299 g/mol. The Kier molecular flexibility index (Phi) is 12.2. The molecule has 1 aliphatic carbocycles. The summed E-state index contributed by atoms with van der Waals surface area (Å²) >= 11 is 0. The predicted molar refractivity (Wildman–Crippen MR) is 56.4 cm³/mol. The first-order valence-corrected chi connectivity index (χ1v) is 5.19. The van der Waals surface area contributed by atoms with E-state index < -0.39 is 11.5 Å². The third kappa shape index (κ3) is 7.40. The zero-order valence-electron chi connectivity index (χ0n) is 10.7. The average molecular weight is 300 g/mol. The van der Waals surface area contributed by atoms with E-state index in [0.717, 1.165) is 12.8 Å². The molecule has 1 saturated carbocycles. The van der Waals surface area contributed by atoms with Crippen molar-refractivity contribution in [2.24, 2.45) is 5.92 Å². The standard InChI is InChI=1S/C8H11O3.C3H9N.Rb/c9-5-7-3-1-2-4-8(7,11)6-10;1-4(2)3;/h5-7H,1-4H2;1-3H3;/q-1;;+1. The van der Waals surface area contributed by atoms with Gasteiger partial charge in [0.05, 0.1) is 0 Å². The molecule has 0 amide bonds. The molecule has 16 heavy (non-hydrogen) atoms. The summed E-state index contributed by atoms with van der Waals surface area (Å²) in [5, 5.41) is 11.5. The van der Waals surface area contributed by atoms with Crippen LogP contribution in [0.4, 0.5) is 0 Å². The summed E-state index contributed by atoms with van der Waals surface area (Å²) in [5.41, 5.74) is -1.61. The molecule has 0 aromatic rings. The van der Waals surface area contributed by atoms with Crippen LogP contribution in [0.2, 0.25) is 0 Å². The van der Waals surface area contributed by atoms with E-state index in [-0.39, 0.29) is 58.2 Å². The molecule has 0 bridgehead atoms. The Hall–Kier alpha value is 1.07. The van der Waals surface area contributed by atoms with E-state index >= 15 is 0 Å². The zero-order chi connectivity index (χ0) is 11.9. The number of carbonyl (C=O) groups excluding carboxylic acids is 2. The van der Waals surface area contributed by atoms with Gasteiger partial charge < -0.3 is 19.6 Å². The third-order valence-corrected chi connectivity index (χ3v) is 2.32. The molecule has 1 fully saturated rings. The Morgan fingerprint density at radius 3 is 2.06 bits per heavy atom. The summed E-state index contributed by atoms with van der Waals surface area (Å²) in [6.07, 6.45) is 3.57. The molecule has 5 heteroatoms. The van der Waals surface area contributed by atoms with Gasteiger partial charge in [0, 0.05) is 5.92 Å². The minimum absolute atomic E-state index is 0. The molecule has 0 N–H and O–H groups in total. The minimum atomic E-state index is -1.61. The molecule has 0 spiro atoms. The maximum Gasteiger partial charge on any atom is 1.00 e. The van der Waals surface area contributed by atoms with Gasteiger partial charge in [-0.25, -0.2) is 0 Å². The largest absolute Gasteiger partial charge is 1.00 e. The number of carbonyl (C=O) groups is 2. The number of aldehydes is 2. The van der Waals surface area contributed by atoms with E-state index in [1.807, 2.05) is 26.0 Å². The molecule has 4 nitrogen and oxygen atoms in total. The van der Waals surface area contributed by atoms with Gasteiger partial charge in [0.15, 0.2) is 0 Å².